The highest BCUT2D eigenvalue weighted by Crippen LogP contribution is 2.32. The Hall–Kier alpha value is -0.740. The van der Waals surface area contributed by atoms with Crippen molar-refractivity contribution in [2.45, 2.75) is 38.6 Å². The van der Waals surface area contributed by atoms with Crippen LogP contribution in [0.5, 0.6) is 0 Å². The molecule has 3 N–H and O–H groups in total. The maximum Gasteiger partial charge on any atom is 0.197 e. The van der Waals surface area contributed by atoms with Gasteiger partial charge in [0.15, 0.2) is 4.77 Å². The topological polar surface area (TPSA) is 54.7 Å². The zero-order chi connectivity index (χ0) is 10.3. The Morgan fingerprint density at radius 1 is 1.57 bits per heavy atom. The van der Waals surface area contributed by atoms with Gasteiger partial charge in [-0.05, 0) is 31.0 Å². The fourth-order valence-electron chi connectivity index (χ4n) is 2.04. The van der Waals surface area contributed by atoms with Crippen LogP contribution in [0.15, 0.2) is 0 Å². The van der Waals surface area contributed by atoms with Crippen LogP contribution in [-0.4, -0.2) is 9.97 Å². The lowest BCUT2D eigenvalue weighted by molar-refractivity contribution is 0.689. The van der Waals surface area contributed by atoms with Gasteiger partial charge in [-0.3, -0.25) is 0 Å². The SMILES string of the molecule is CC(C)c1nc(=S)[nH]c2c1C(N)CC2. The van der Waals surface area contributed by atoms with Crippen LogP contribution >= 0.6 is 12.2 Å². The Labute approximate surface area is 88.8 Å². The smallest absolute Gasteiger partial charge is 0.197 e. The highest BCUT2D eigenvalue weighted by molar-refractivity contribution is 7.71. The molecule has 0 saturated carbocycles. The molecular formula is C10H15N3S. The largest absolute Gasteiger partial charge is 0.334 e. The summed E-state index contributed by atoms with van der Waals surface area (Å²) in [6, 6.07) is 0.141. The molecule has 14 heavy (non-hydrogen) atoms. The second kappa shape index (κ2) is 3.44. The minimum atomic E-state index is 0.141. The first-order valence-corrected chi connectivity index (χ1v) is 5.39. The van der Waals surface area contributed by atoms with Gasteiger partial charge in [0.05, 0.1) is 5.69 Å². The second-order valence-electron chi connectivity index (χ2n) is 4.12. The summed E-state index contributed by atoms with van der Waals surface area (Å²) in [4.78, 5) is 7.51. The van der Waals surface area contributed by atoms with E-state index in [4.69, 9.17) is 18.0 Å². The van der Waals surface area contributed by atoms with Crippen molar-refractivity contribution in [2.24, 2.45) is 5.73 Å². The normalized spacial score (nSPS) is 20.1. The van der Waals surface area contributed by atoms with Crippen LogP contribution in [-0.2, 0) is 6.42 Å². The molecule has 76 valence electrons. The highest BCUT2D eigenvalue weighted by Gasteiger charge is 2.25. The van der Waals surface area contributed by atoms with Gasteiger partial charge in [-0.2, -0.15) is 0 Å². The minimum absolute atomic E-state index is 0.141. The number of nitrogens with two attached hydrogens (primary N) is 1. The maximum atomic E-state index is 6.04. The van der Waals surface area contributed by atoms with E-state index in [0.717, 1.165) is 18.5 Å². The third-order valence-electron chi connectivity index (χ3n) is 2.70. The van der Waals surface area contributed by atoms with E-state index in [-0.39, 0.29) is 6.04 Å². The molecule has 1 aromatic heterocycles. The molecule has 0 amide bonds. The van der Waals surface area contributed by atoms with Gasteiger partial charge in [0, 0.05) is 17.3 Å². The van der Waals surface area contributed by atoms with Crippen molar-refractivity contribution in [3.05, 3.63) is 21.7 Å². The number of hydrogen-bond acceptors (Lipinski definition) is 3. The quantitative estimate of drug-likeness (QED) is 0.697. The van der Waals surface area contributed by atoms with Crippen molar-refractivity contribution < 1.29 is 0 Å². The van der Waals surface area contributed by atoms with Gasteiger partial charge < -0.3 is 10.7 Å². The zero-order valence-corrected chi connectivity index (χ0v) is 9.32. The summed E-state index contributed by atoms with van der Waals surface area (Å²) in [5, 5.41) is 0. The summed E-state index contributed by atoms with van der Waals surface area (Å²) in [7, 11) is 0. The van der Waals surface area contributed by atoms with Crippen molar-refractivity contribution in [3.63, 3.8) is 0 Å². The Bertz CT molecular complexity index is 408. The number of hydrogen-bond donors (Lipinski definition) is 2. The summed E-state index contributed by atoms with van der Waals surface area (Å²) in [6.07, 6.45) is 2.01. The van der Waals surface area contributed by atoms with Crippen molar-refractivity contribution in [3.8, 4) is 0 Å². The number of aromatic nitrogens is 2. The Balaban J connectivity index is 2.65. The van der Waals surface area contributed by atoms with Crippen LogP contribution in [0, 0.1) is 4.77 Å². The van der Waals surface area contributed by atoms with Crippen LogP contribution in [0.1, 0.15) is 49.2 Å². The molecular weight excluding hydrogens is 194 g/mol. The molecule has 0 saturated heterocycles. The average molecular weight is 209 g/mol. The van der Waals surface area contributed by atoms with Gasteiger partial charge in [-0.25, -0.2) is 4.98 Å². The van der Waals surface area contributed by atoms with Gasteiger partial charge >= 0.3 is 0 Å². The molecule has 0 aromatic carbocycles. The zero-order valence-electron chi connectivity index (χ0n) is 8.50. The number of H-pyrrole nitrogens is 1. The second-order valence-corrected chi connectivity index (χ2v) is 4.51. The monoisotopic (exact) mass is 209 g/mol. The third kappa shape index (κ3) is 1.48. The van der Waals surface area contributed by atoms with E-state index in [1.807, 2.05) is 0 Å². The summed E-state index contributed by atoms with van der Waals surface area (Å²) < 4.78 is 0.585. The van der Waals surface area contributed by atoms with Crippen molar-refractivity contribution >= 4 is 12.2 Å². The molecule has 0 radical (unpaired) electrons. The van der Waals surface area contributed by atoms with E-state index in [1.165, 1.54) is 11.3 Å². The summed E-state index contributed by atoms with van der Waals surface area (Å²) in [5.74, 6) is 0.393. The maximum absolute atomic E-state index is 6.04. The Kier molecular flexibility index (Phi) is 2.41. The first kappa shape index (κ1) is 9.80. The number of nitrogens with one attached hydrogen (secondary N) is 1. The molecule has 2 rings (SSSR count). The lowest BCUT2D eigenvalue weighted by atomic mass is 10.0. The molecule has 1 aliphatic carbocycles. The van der Waals surface area contributed by atoms with Crippen LogP contribution in [0.2, 0.25) is 0 Å². The van der Waals surface area contributed by atoms with Gasteiger partial charge in [0.1, 0.15) is 0 Å². The molecule has 0 bridgehead atoms. The van der Waals surface area contributed by atoms with Crippen LogP contribution in [0.25, 0.3) is 0 Å². The van der Waals surface area contributed by atoms with Crippen molar-refractivity contribution in [1.82, 2.24) is 9.97 Å². The number of fused-ring (bicyclic) bond motifs is 1. The van der Waals surface area contributed by atoms with E-state index < -0.39 is 0 Å². The molecule has 0 fully saturated rings. The van der Waals surface area contributed by atoms with E-state index in [1.54, 1.807) is 0 Å². The lowest BCUT2D eigenvalue weighted by Gasteiger charge is -2.13. The van der Waals surface area contributed by atoms with E-state index in [2.05, 4.69) is 23.8 Å². The average Bonchev–Trinajstić information content (AvgIpc) is 2.46. The summed E-state index contributed by atoms with van der Waals surface area (Å²) in [6.45, 7) is 4.25. The molecule has 1 atom stereocenters. The Morgan fingerprint density at radius 3 is 2.93 bits per heavy atom. The molecule has 0 aliphatic heterocycles. The number of rotatable bonds is 1. The predicted octanol–water partition coefficient (Wildman–Crippen LogP) is 2.21. The third-order valence-corrected chi connectivity index (χ3v) is 2.90. The van der Waals surface area contributed by atoms with Crippen molar-refractivity contribution in [1.29, 1.82) is 0 Å². The standard InChI is InChI=1S/C10H15N3S/c1-5(2)9-8-6(11)3-4-7(8)12-10(14)13-9/h5-6H,3-4,11H2,1-2H3,(H,12,13,14). The van der Waals surface area contributed by atoms with E-state index in [9.17, 15) is 0 Å². The van der Waals surface area contributed by atoms with Crippen LogP contribution in [0.4, 0.5) is 0 Å². The molecule has 1 aromatic rings. The molecule has 0 spiro atoms. The molecule has 1 unspecified atom stereocenters. The predicted molar refractivity (Wildman–Crippen MR) is 58.8 cm³/mol. The molecule has 4 heteroatoms. The fourth-order valence-corrected chi connectivity index (χ4v) is 2.27. The Morgan fingerprint density at radius 2 is 2.29 bits per heavy atom. The van der Waals surface area contributed by atoms with Crippen LogP contribution < -0.4 is 5.73 Å². The minimum Gasteiger partial charge on any atom is -0.334 e. The first-order valence-electron chi connectivity index (χ1n) is 4.98. The molecule has 1 aliphatic rings. The number of aromatic amines is 1. The van der Waals surface area contributed by atoms with Gasteiger partial charge in [0.25, 0.3) is 0 Å². The van der Waals surface area contributed by atoms with Gasteiger partial charge in [0.2, 0.25) is 0 Å². The van der Waals surface area contributed by atoms with E-state index >= 15 is 0 Å². The summed E-state index contributed by atoms with van der Waals surface area (Å²) in [5.41, 5.74) is 9.52. The molecule has 1 heterocycles. The number of nitrogens with zero attached hydrogens (tertiary/aromatic N) is 1. The lowest BCUT2D eigenvalue weighted by Crippen LogP contribution is -2.11. The van der Waals surface area contributed by atoms with E-state index in [0.29, 0.717) is 10.7 Å². The highest BCUT2D eigenvalue weighted by atomic mass is 32.1. The van der Waals surface area contributed by atoms with Crippen LogP contribution in [0.3, 0.4) is 0 Å². The first-order chi connectivity index (χ1) is 6.59. The molecule has 3 nitrogen and oxygen atoms in total. The summed E-state index contributed by atoms with van der Waals surface area (Å²) >= 11 is 5.09. The number of aryl methyl sites for hydroxylation is 1. The van der Waals surface area contributed by atoms with Crippen molar-refractivity contribution in [2.75, 3.05) is 0 Å². The fraction of sp³-hybridized carbons (Fsp3) is 0.600. The van der Waals surface area contributed by atoms with Gasteiger partial charge in [-0.15, -0.1) is 0 Å². The van der Waals surface area contributed by atoms with Gasteiger partial charge in [-0.1, -0.05) is 13.8 Å².